The maximum atomic E-state index is 12.4. The lowest BCUT2D eigenvalue weighted by Gasteiger charge is -2.09. The van der Waals surface area contributed by atoms with Gasteiger partial charge in [-0.25, -0.2) is 0 Å². The Kier molecular flexibility index (Phi) is 4.14. The predicted octanol–water partition coefficient (Wildman–Crippen LogP) is 5.05. The largest absolute Gasteiger partial charge is 0.489 e. The molecule has 2 rings (SSSR count). The zero-order valence-electron chi connectivity index (χ0n) is 9.75. The van der Waals surface area contributed by atoms with E-state index in [1.165, 1.54) is 12.1 Å². The van der Waals surface area contributed by atoms with Gasteiger partial charge < -0.3 is 4.74 Å². The number of rotatable bonds is 3. The number of benzene rings is 2. The number of hydrogen-bond acceptors (Lipinski definition) is 1. The van der Waals surface area contributed by atoms with Crippen molar-refractivity contribution < 1.29 is 17.9 Å². The number of hydrogen-bond donors (Lipinski definition) is 0. The maximum Gasteiger partial charge on any atom is 0.416 e. The molecule has 0 aliphatic carbocycles. The zero-order valence-corrected chi connectivity index (χ0v) is 11.3. The average Bonchev–Trinajstić information content (AvgIpc) is 2.37. The van der Waals surface area contributed by atoms with Crippen molar-refractivity contribution in [2.45, 2.75) is 12.8 Å². The minimum atomic E-state index is -4.32. The van der Waals surface area contributed by atoms with E-state index in [-0.39, 0.29) is 0 Å². The van der Waals surface area contributed by atoms with Gasteiger partial charge in [0.1, 0.15) is 12.4 Å². The fraction of sp³-hybridized carbons (Fsp3) is 0.143. The third-order valence-electron chi connectivity index (χ3n) is 2.50. The molecule has 5 heteroatoms. The molecule has 0 aliphatic heterocycles. The Bertz CT molecular complexity index is 532. The molecule has 0 atom stereocenters. The van der Waals surface area contributed by atoms with Gasteiger partial charge in [-0.3, -0.25) is 0 Å². The Hall–Kier alpha value is -1.49. The van der Waals surface area contributed by atoms with E-state index in [0.717, 1.165) is 22.2 Å². The Morgan fingerprint density at radius 3 is 2.00 bits per heavy atom. The summed E-state index contributed by atoms with van der Waals surface area (Å²) in [6.45, 7) is 0.318. The van der Waals surface area contributed by atoms with E-state index in [0.29, 0.717) is 12.4 Å². The summed E-state index contributed by atoms with van der Waals surface area (Å²) in [7, 11) is 0. The van der Waals surface area contributed by atoms with Crippen molar-refractivity contribution in [3.63, 3.8) is 0 Å². The summed E-state index contributed by atoms with van der Waals surface area (Å²) < 4.78 is 43.5. The molecule has 2 aromatic carbocycles. The Balaban J connectivity index is 1.98. The minimum absolute atomic E-state index is 0.318. The highest BCUT2D eigenvalue weighted by atomic mass is 79.9. The summed E-state index contributed by atoms with van der Waals surface area (Å²) in [5, 5.41) is 0. The lowest BCUT2D eigenvalue weighted by atomic mass is 10.2. The first-order valence-electron chi connectivity index (χ1n) is 5.50. The highest BCUT2D eigenvalue weighted by molar-refractivity contribution is 9.10. The van der Waals surface area contributed by atoms with Gasteiger partial charge in [-0.15, -0.1) is 0 Å². The molecule has 0 radical (unpaired) electrons. The lowest BCUT2D eigenvalue weighted by Crippen LogP contribution is -2.04. The smallest absolute Gasteiger partial charge is 0.416 e. The van der Waals surface area contributed by atoms with Crippen molar-refractivity contribution in [3.8, 4) is 5.75 Å². The van der Waals surface area contributed by atoms with E-state index in [4.69, 9.17) is 4.74 Å². The van der Waals surface area contributed by atoms with Gasteiger partial charge in [0.25, 0.3) is 0 Å². The summed E-state index contributed by atoms with van der Waals surface area (Å²) in [6, 6.07) is 12.2. The Morgan fingerprint density at radius 1 is 0.895 bits per heavy atom. The SMILES string of the molecule is FC(F)(F)c1ccc(OCc2ccc(Br)cc2)cc1. The van der Waals surface area contributed by atoms with Crippen LogP contribution < -0.4 is 4.74 Å². The van der Waals surface area contributed by atoms with Gasteiger partial charge >= 0.3 is 6.18 Å². The first-order valence-corrected chi connectivity index (χ1v) is 6.29. The summed E-state index contributed by atoms with van der Waals surface area (Å²) in [5.74, 6) is 0.413. The van der Waals surface area contributed by atoms with Crippen molar-refractivity contribution in [2.24, 2.45) is 0 Å². The van der Waals surface area contributed by atoms with Crippen LogP contribution in [0.4, 0.5) is 13.2 Å². The molecule has 0 bridgehead atoms. The maximum absolute atomic E-state index is 12.4. The molecule has 19 heavy (non-hydrogen) atoms. The second kappa shape index (κ2) is 5.65. The molecular formula is C14H10BrF3O. The van der Waals surface area contributed by atoms with Crippen molar-refractivity contribution in [3.05, 3.63) is 64.1 Å². The second-order valence-corrected chi connectivity index (χ2v) is 4.85. The zero-order chi connectivity index (χ0) is 13.9. The monoisotopic (exact) mass is 330 g/mol. The van der Waals surface area contributed by atoms with E-state index in [1.807, 2.05) is 24.3 Å². The van der Waals surface area contributed by atoms with Crippen LogP contribution in [-0.2, 0) is 12.8 Å². The van der Waals surface area contributed by atoms with Crippen molar-refractivity contribution in [1.29, 1.82) is 0 Å². The number of alkyl halides is 3. The van der Waals surface area contributed by atoms with Crippen molar-refractivity contribution in [2.75, 3.05) is 0 Å². The van der Waals surface area contributed by atoms with Crippen LogP contribution in [0.1, 0.15) is 11.1 Å². The van der Waals surface area contributed by atoms with Gasteiger partial charge in [-0.2, -0.15) is 13.2 Å². The number of halogens is 4. The van der Waals surface area contributed by atoms with Crippen molar-refractivity contribution >= 4 is 15.9 Å². The van der Waals surface area contributed by atoms with Crippen LogP contribution in [0.5, 0.6) is 5.75 Å². The molecule has 0 aliphatic rings. The fourth-order valence-corrected chi connectivity index (χ4v) is 1.75. The molecule has 0 amide bonds. The molecule has 2 aromatic rings. The lowest BCUT2D eigenvalue weighted by molar-refractivity contribution is -0.137. The minimum Gasteiger partial charge on any atom is -0.489 e. The normalized spacial score (nSPS) is 11.4. The molecule has 0 saturated carbocycles. The van der Waals surface area contributed by atoms with E-state index in [1.54, 1.807) is 0 Å². The molecule has 0 unspecified atom stereocenters. The average molecular weight is 331 g/mol. The van der Waals surface area contributed by atoms with Gasteiger partial charge in [-0.1, -0.05) is 28.1 Å². The van der Waals surface area contributed by atoms with Crippen LogP contribution >= 0.6 is 15.9 Å². The van der Waals surface area contributed by atoms with E-state index in [2.05, 4.69) is 15.9 Å². The van der Waals surface area contributed by atoms with E-state index < -0.39 is 11.7 Å². The van der Waals surface area contributed by atoms with Gasteiger partial charge in [0.05, 0.1) is 5.56 Å². The summed E-state index contributed by atoms with van der Waals surface area (Å²) in [6.07, 6.45) is -4.32. The molecule has 0 fully saturated rings. The molecule has 0 saturated heterocycles. The molecular weight excluding hydrogens is 321 g/mol. The highest BCUT2D eigenvalue weighted by Crippen LogP contribution is 2.30. The Morgan fingerprint density at radius 2 is 1.47 bits per heavy atom. The molecule has 0 heterocycles. The third-order valence-corrected chi connectivity index (χ3v) is 3.03. The summed E-state index contributed by atoms with van der Waals surface area (Å²) in [4.78, 5) is 0. The highest BCUT2D eigenvalue weighted by Gasteiger charge is 2.29. The predicted molar refractivity (Wildman–Crippen MR) is 69.9 cm³/mol. The van der Waals surface area contributed by atoms with E-state index >= 15 is 0 Å². The quantitative estimate of drug-likeness (QED) is 0.765. The Labute approximate surface area is 117 Å². The molecule has 0 aromatic heterocycles. The summed E-state index contributed by atoms with van der Waals surface area (Å²) >= 11 is 3.32. The topological polar surface area (TPSA) is 9.23 Å². The van der Waals surface area contributed by atoms with Crippen LogP contribution in [0.15, 0.2) is 53.0 Å². The van der Waals surface area contributed by atoms with Crippen LogP contribution in [0.25, 0.3) is 0 Å². The number of ether oxygens (including phenoxy) is 1. The van der Waals surface area contributed by atoms with Gasteiger partial charge in [0.2, 0.25) is 0 Å². The van der Waals surface area contributed by atoms with Crippen LogP contribution in [0.2, 0.25) is 0 Å². The van der Waals surface area contributed by atoms with Gasteiger partial charge in [0.15, 0.2) is 0 Å². The van der Waals surface area contributed by atoms with Crippen LogP contribution in [0.3, 0.4) is 0 Å². The first-order chi connectivity index (χ1) is 8.95. The van der Waals surface area contributed by atoms with Gasteiger partial charge in [-0.05, 0) is 42.0 Å². The molecule has 1 nitrogen and oxygen atoms in total. The molecule has 0 N–H and O–H groups in total. The fourth-order valence-electron chi connectivity index (χ4n) is 1.49. The summed E-state index contributed by atoms with van der Waals surface area (Å²) in [5.41, 5.74) is 0.270. The third kappa shape index (κ3) is 3.99. The second-order valence-electron chi connectivity index (χ2n) is 3.94. The first kappa shape index (κ1) is 13.9. The molecule has 100 valence electrons. The van der Waals surface area contributed by atoms with Crippen LogP contribution in [-0.4, -0.2) is 0 Å². The van der Waals surface area contributed by atoms with E-state index in [9.17, 15) is 13.2 Å². The van der Waals surface area contributed by atoms with Crippen LogP contribution in [0, 0.1) is 0 Å². The van der Waals surface area contributed by atoms with Gasteiger partial charge in [0, 0.05) is 4.47 Å². The van der Waals surface area contributed by atoms with Crippen molar-refractivity contribution in [1.82, 2.24) is 0 Å². The standard InChI is InChI=1S/C14H10BrF3O/c15-12-5-1-10(2-6-12)9-19-13-7-3-11(4-8-13)14(16,17)18/h1-8H,9H2. The molecule has 0 spiro atoms.